The fourth-order valence-electron chi connectivity index (χ4n) is 3.02. The number of carbonyl (C=O) groups is 1. The quantitative estimate of drug-likeness (QED) is 0.939. The van der Waals surface area contributed by atoms with Gasteiger partial charge < -0.3 is 14.1 Å². The molecule has 0 amide bonds. The molecule has 2 aromatic heterocycles. The average Bonchev–Trinajstić information content (AvgIpc) is 3.10. The molecule has 3 rings (SSSR count). The molecule has 1 aliphatic heterocycles. The molecular weight excluding hydrogens is 268 g/mol. The number of aryl methyl sites for hydroxylation is 1. The summed E-state index contributed by atoms with van der Waals surface area (Å²) in [6.07, 6.45) is 5.54. The Balaban J connectivity index is 1.61. The summed E-state index contributed by atoms with van der Waals surface area (Å²) in [6.45, 7) is 4.82. The number of piperidine rings is 1. The van der Waals surface area contributed by atoms with Crippen LogP contribution in [0, 0.1) is 6.92 Å². The van der Waals surface area contributed by atoms with Gasteiger partial charge in [0, 0.05) is 25.3 Å². The minimum Gasteiger partial charge on any atom is -0.477 e. The van der Waals surface area contributed by atoms with Crippen LogP contribution < -0.4 is 0 Å². The molecule has 5 heteroatoms. The second kappa shape index (κ2) is 5.77. The summed E-state index contributed by atoms with van der Waals surface area (Å²) >= 11 is 0. The van der Waals surface area contributed by atoms with Gasteiger partial charge in [-0.1, -0.05) is 0 Å². The Morgan fingerprint density at radius 1 is 1.38 bits per heavy atom. The van der Waals surface area contributed by atoms with Crippen molar-refractivity contribution in [2.24, 2.45) is 0 Å². The fraction of sp³-hybridized carbons (Fsp3) is 0.438. The zero-order chi connectivity index (χ0) is 14.8. The van der Waals surface area contributed by atoms with Crippen LogP contribution >= 0.6 is 0 Å². The molecule has 1 saturated heterocycles. The Labute approximate surface area is 123 Å². The Kier molecular flexibility index (Phi) is 3.84. The number of hydrogen-bond acceptors (Lipinski definition) is 3. The van der Waals surface area contributed by atoms with Crippen molar-refractivity contribution < 1.29 is 14.3 Å². The lowest BCUT2D eigenvalue weighted by Gasteiger charge is -2.32. The van der Waals surface area contributed by atoms with Crippen LogP contribution in [0.2, 0.25) is 0 Å². The maximum Gasteiger partial charge on any atom is 0.352 e. The van der Waals surface area contributed by atoms with Gasteiger partial charge >= 0.3 is 5.97 Å². The van der Waals surface area contributed by atoms with Crippen molar-refractivity contribution in [3.8, 4) is 0 Å². The first-order valence-electron chi connectivity index (χ1n) is 7.30. The Bertz CT molecular complexity index is 621. The molecule has 0 bridgehead atoms. The molecule has 0 unspecified atom stereocenters. The summed E-state index contributed by atoms with van der Waals surface area (Å²) in [4.78, 5) is 13.6. The zero-order valence-corrected chi connectivity index (χ0v) is 12.2. The first kappa shape index (κ1) is 13.9. The average molecular weight is 288 g/mol. The minimum absolute atomic E-state index is 0.278. The van der Waals surface area contributed by atoms with Crippen LogP contribution in [0.5, 0.6) is 0 Å². The summed E-state index contributed by atoms with van der Waals surface area (Å²) in [5.74, 6) is 0.175. The van der Waals surface area contributed by atoms with Gasteiger partial charge in [0.1, 0.15) is 11.5 Å². The van der Waals surface area contributed by atoms with E-state index in [1.165, 1.54) is 5.56 Å². The van der Waals surface area contributed by atoms with Gasteiger partial charge in [-0.2, -0.15) is 0 Å². The van der Waals surface area contributed by atoms with Gasteiger partial charge in [0.05, 0.1) is 12.8 Å². The van der Waals surface area contributed by atoms with E-state index in [2.05, 4.69) is 11.8 Å². The topological polar surface area (TPSA) is 58.6 Å². The summed E-state index contributed by atoms with van der Waals surface area (Å²) in [7, 11) is 0. The third-order valence-corrected chi connectivity index (χ3v) is 4.28. The standard InChI is InChI=1S/C16H20N2O3/c1-12-6-10-21-15(12)11-17-8-4-13(5-9-17)18-7-2-3-14(18)16(19)20/h2-3,6-7,10,13H,4-5,8-9,11H2,1H3,(H,19,20). The van der Waals surface area contributed by atoms with E-state index in [0.29, 0.717) is 5.69 Å². The highest BCUT2D eigenvalue weighted by Crippen LogP contribution is 2.26. The van der Waals surface area contributed by atoms with E-state index in [0.717, 1.165) is 38.2 Å². The van der Waals surface area contributed by atoms with Crippen LogP contribution in [0.3, 0.4) is 0 Å². The van der Waals surface area contributed by atoms with E-state index >= 15 is 0 Å². The van der Waals surface area contributed by atoms with E-state index in [-0.39, 0.29) is 6.04 Å². The van der Waals surface area contributed by atoms with Crippen LogP contribution in [0.1, 0.15) is 40.7 Å². The van der Waals surface area contributed by atoms with Crippen LogP contribution in [-0.4, -0.2) is 33.6 Å². The number of aromatic nitrogens is 1. The lowest BCUT2D eigenvalue weighted by Crippen LogP contribution is -2.34. The lowest BCUT2D eigenvalue weighted by molar-refractivity contribution is 0.0677. The highest BCUT2D eigenvalue weighted by molar-refractivity contribution is 5.85. The maximum atomic E-state index is 11.2. The molecule has 0 aromatic carbocycles. The van der Waals surface area contributed by atoms with Crippen LogP contribution in [0.4, 0.5) is 0 Å². The molecule has 0 aliphatic carbocycles. The van der Waals surface area contributed by atoms with Crippen molar-refractivity contribution in [3.05, 3.63) is 47.7 Å². The molecule has 0 radical (unpaired) electrons. The molecule has 1 fully saturated rings. The van der Waals surface area contributed by atoms with Gasteiger partial charge in [0.2, 0.25) is 0 Å². The fourth-order valence-corrected chi connectivity index (χ4v) is 3.02. The van der Waals surface area contributed by atoms with Gasteiger partial charge in [0.15, 0.2) is 0 Å². The Morgan fingerprint density at radius 3 is 2.76 bits per heavy atom. The van der Waals surface area contributed by atoms with Gasteiger partial charge in [-0.25, -0.2) is 4.79 Å². The third kappa shape index (κ3) is 2.88. The Hall–Kier alpha value is -2.01. The summed E-state index contributed by atoms with van der Waals surface area (Å²) < 4.78 is 7.39. The second-order valence-electron chi connectivity index (χ2n) is 5.64. The third-order valence-electron chi connectivity index (χ3n) is 4.28. The van der Waals surface area contributed by atoms with Gasteiger partial charge in [-0.3, -0.25) is 4.90 Å². The highest BCUT2D eigenvalue weighted by Gasteiger charge is 2.24. The maximum absolute atomic E-state index is 11.2. The highest BCUT2D eigenvalue weighted by atomic mass is 16.4. The molecular formula is C16H20N2O3. The van der Waals surface area contributed by atoms with Gasteiger partial charge in [0.25, 0.3) is 0 Å². The van der Waals surface area contributed by atoms with Crippen molar-refractivity contribution >= 4 is 5.97 Å². The van der Waals surface area contributed by atoms with Crippen LogP contribution in [0.15, 0.2) is 35.1 Å². The van der Waals surface area contributed by atoms with E-state index < -0.39 is 5.97 Å². The number of furan rings is 1. The van der Waals surface area contributed by atoms with E-state index in [1.54, 1.807) is 12.3 Å². The number of aromatic carboxylic acids is 1. The molecule has 0 atom stereocenters. The number of rotatable bonds is 4. The molecule has 21 heavy (non-hydrogen) atoms. The molecule has 0 spiro atoms. The first-order valence-corrected chi connectivity index (χ1v) is 7.30. The lowest BCUT2D eigenvalue weighted by atomic mass is 10.0. The smallest absolute Gasteiger partial charge is 0.352 e. The number of likely N-dealkylation sites (tertiary alicyclic amines) is 1. The largest absolute Gasteiger partial charge is 0.477 e. The minimum atomic E-state index is -0.853. The van der Waals surface area contributed by atoms with Crippen LogP contribution in [0.25, 0.3) is 0 Å². The zero-order valence-electron chi connectivity index (χ0n) is 12.2. The van der Waals surface area contributed by atoms with E-state index in [1.807, 2.05) is 22.9 Å². The second-order valence-corrected chi connectivity index (χ2v) is 5.64. The SMILES string of the molecule is Cc1ccoc1CN1CCC(n2cccc2C(=O)O)CC1. The molecule has 3 heterocycles. The number of hydrogen-bond donors (Lipinski definition) is 1. The summed E-state index contributed by atoms with van der Waals surface area (Å²) in [6, 6.07) is 5.74. The molecule has 112 valence electrons. The predicted molar refractivity (Wildman–Crippen MR) is 78.4 cm³/mol. The number of nitrogens with zero attached hydrogens (tertiary/aromatic N) is 2. The van der Waals surface area contributed by atoms with E-state index in [9.17, 15) is 9.90 Å². The van der Waals surface area contributed by atoms with Gasteiger partial charge in [-0.05, 0) is 43.5 Å². The van der Waals surface area contributed by atoms with Crippen molar-refractivity contribution in [3.63, 3.8) is 0 Å². The monoisotopic (exact) mass is 288 g/mol. The van der Waals surface area contributed by atoms with Crippen LogP contribution in [-0.2, 0) is 6.54 Å². The van der Waals surface area contributed by atoms with Crippen molar-refractivity contribution in [1.29, 1.82) is 0 Å². The summed E-state index contributed by atoms with van der Waals surface area (Å²) in [5, 5.41) is 9.20. The van der Waals surface area contributed by atoms with Crippen molar-refractivity contribution in [1.82, 2.24) is 9.47 Å². The molecule has 1 N–H and O–H groups in total. The molecule has 5 nitrogen and oxygen atoms in total. The number of carboxylic acids is 1. The van der Waals surface area contributed by atoms with Crippen molar-refractivity contribution in [2.75, 3.05) is 13.1 Å². The molecule has 2 aromatic rings. The normalized spacial score (nSPS) is 17.2. The van der Waals surface area contributed by atoms with Crippen molar-refractivity contribution in [2.45, 2.75) is 32.4 Å². The predicted octanol–water partition coefficient (Wildman–Crippen LogP) is 2.92. The first-order chi connectivity index (χ1) is 10.1. The molecule has 1 aliphatic rings. The van der Waals surface area contributed by atoms with Gasteiger partial charge in [-0.15, -0.1) is 0 Å². The Morgan fingerprint density at radius 2 is 2.14 bits per heavy atom. The number of carboxylic acid groups (broad SMARTS) is 1. The summed E-state index contributed by atoms with van der Waals surface area (Å²) in [5.41, 5.74) is 1.58. The molecule has 0 saturated carbocycles. The van der Waals surface area contributed by atoms with E-state index in [4.69, 9.17) is 4.42 Å².